The van der Waals surface area contributed by atoms with Crippen molar-refractivity contribution in [2.45, 2.75) is 34.2 Å². The Labute approximate surface area is 145 Å². The van der Waals surface area contributed by atoms with Gasteiger partial charge in [-0.25, -0.2) is 4.79 Å². The summed E-state index contributed by atoms with van der Waals surface area (Å²) in [6.07, 6.45) is 0. The lowest BCUT2D eigenvalue weighted by Gasteiger charge is -2.13. The van der Waals surface area contributed by atoms with E-state index in [1.165, 1.54) is 11.5 Å². The first kappa shape index (κ1) is 17.9. The molecule has 0 saturated carbocycles. The van der Waals surface area contributed by atoms with Crippen LogP contribution in [0.25, 0.3) is 0 Å². The highest BCUT2D eigenvalue weighted by molar-refractivity contribution is 7.05. The normalized spacial score (nSPS) is 10.5. The van der Waals surface area contributed by atoms with Gasteiger partial charge < -0.3 is 16.0 Å². The molecule has 0 atom stereocenters. The fourth-order valence-corrected chi connectivity index (χ4v) is 2.43. The molecule has 128 valence electrons. The van der Waals surface area contributed by atoms with Crippen molar-refractivity contribution in [3.05, 3.63) is 34.3 Å². The second-order valence-electron chi connectivity index (χ2n) is 5.76. The van der Waals surface area contributed by atoms with Crippen LogP contribution in [-0.2, 0) is 11.3 Å². The van der Waals surface area contributed by atoms with Crippen LogP contribution in [0.15, 0.2) is 18.2 Å². The van der Waals surface area contributed by atoms with Crippen LogP contribution in [0.1, 0.15) is 30.0 Å². The van der Waals surface area contributed by atoms with Gasteiger partial charge in [-0.2, -0.15) is 0 Å². The van der Waals surface area contributed by atoms with Gasteiger partial charge in [-0.05, 0) is 43.1 Å². The quantitative estimate of drug-likeness (QED) is 0.774. The molecule has 0 aliphatic carbocycles. The Morgan fingerprint density at radius 3 is 2.58 bits per heavy atom. The SMILES string of the molecule is Cc1ccc(NC(=O)NCc2snnc2C)cc1NC(=O)C(C)C. The van der Waals surface area contributed by atoms with Crippen LogP contribution in [0, 0.1) is 19.8 Å². The number of aromatic nitrogens is 2. The molecule has 1 heterocycles. The molecular weight excluding hydrogens is 326 g/mol. The molecule has 24 heavy (non-hydrogen) atoms. The van der Waals surface area contributed by atoms with Crippen molar-refractivity contribution < 1.29 is 9.59 Å². The molecule has 0 radical (unpaired) electrons. The summed E-state index contributed by atoms with van der Waals surface area (Å²) in [5, 5.41) is 12.3. The fourth-order valence-electron chi connectivity index (χ4n) is 1.86. The number of hydrogen-bond acceptors (Lipinski definition) is 5. The van der Waals surface area contributed by atoms with Crippen LogP contribution < -0.4 is 16.0 Å². The summed E-state index contributed by atoms with van der Waals surface area (Å²) in [5.41, 5.74) is 3.04. The largest absolute Gasteiger partial charge is 0.333 e. The Kier molecular flexibility index (Phi) is 5.86. The highest BCUT2D eigenvalue weighted by atomic mass is 32.1. The number of carbonyl (C=O) groups is 2. The third kappa shape index (κ3) is 4.76. The molecule has 7 nitrogen and oxygen atoms in total. The molecule has 0 saturated heterocycles. The zero-order valence-corrected chi connectivity index (χ0v) is 15.0. The maximum atomic E-state index is 12.0. The van der Waals surface area contributed by atoms with E-state index in [9.17, 15) is 9.59 Å². The first-order valence-electron chi connectivity index (χ1n) is 7.61. The molecule has 1 aromatic heterocycles. The molecule has 0 aliphatic heterocycles. The van der Waals surface area contributed by atoms with E-state index in [1.54, 1.807) is 12.1 Å². The fraction of sp³-hybridized carbons (Fsp3) is 0.375. The summed E-state index contributed by atoms with van der Waals surface area (Å²) in [6, 6.07) is 5.06. The highest BCUT2D eigenvalue weighted by Gasteiger charge is 2.11. The van der Waals surface area contributed by atoms with Crippen molar-refractivity contribution in [1.82, 2.24) is 14.9 Å². The van der Waals surface area contributed by atoms with E-state index in [2.05, 4.69) is 25.5 Å². The van der Waals surface area contributed by atoms with Gasteiger partial charge in [0.2, 0.25) is 5.91 Å². The predicted molar refractivity (Wildman–Crippen MR) is 95.2 cm³/mol. The minimum atomic E-state index is -0.326. The average molecular weight is 347 g/mol. The van der Waals surface area contributed by atoms with Gasteiger partial charge in [0.1, 0.15) is 0 Å². The van der Waals surface area contributed by atoms with Gasteiger partial charge >= 0.3 is 6.03 Å². The lowest BCUT2D eigenvalue weighted by Crippen LogP contribution is -2.28. The maximum absolute atomic E-state index is 12.0. The molecule has 2 rings (SSSR count). The number of nitrogens with one attached hydrogen (secondary N) is 3. The minimum absolute atomic E-state index is 0.0622. The van der Waals surface area contributed by atoms with Gasteiger partial charge in [-0.1, -0.05) is 24.4 Å². The van der Waals surface area contributed by atoms with Crippen molar-refractivity contribution in [3.8, 4) is 0 Å². The number of nitrogens with zero attached hydrogens (tertiary/aromatic N) is 2. The molecular formula is C16H21N5O2S. The Bertz CT molecular complexity index is 742. The Hall–Kier alpha value is -2.48. The summed E-state index contributed by atoms with van der Waals surface area (Å²) in [4.78, 5) is 24.8. The minimum Gasteiger partial charge on any atom is -0.333 e. The number of urea groups is 1. The maximum Gasteiger partial charge on any atom is 0.319 e. The Morgan fingerprint density at radius 2 is 1.96 bits per heavy atom. The van der Waals surface area contributed by atoms with E-state index in [0.29, 0.717) is 17.9 Å². The standard InChI is InChI=1S/C16H21N5O2S/c1-9(2)15(22)19-13-7-12(6-5-10(13)3)18-16(23)17-8-14-11(4)20-21-24-14/h5-7,9H,8H2,1-4H3,(H,19,22)(H2,17,18,23). The smallest absolute Gasteiger partial charge is 0.319 e. The second-order valence-corrected chi connectivity index (χ2v) is 6.60. The zero-order valence-electron chi connectivity index (χ0n) is 14.1. The monoisotopic (exact) mass is 347 g/mol. The van der Waals surface area contributed by atoms with E-state index in [4.69, 9.17) is 0 Å². The molecule has 0 aliphatic rings. The number of amides is 3. The van der Waals surface area contributed by atoms with Crippen LogP contribution in [0.5, 0.6) is 0 Å². The van der Waals surface area contributed by atoms with Gasteiger partial charge in [0.25, 0.3) is 0 Å². The van der Waals surface area contributed by atoms with Crippen molar-refractivity contribution in [2.24, 2.45) is 5.92 Å². The number of anilines is 2. The first-order chi connectivity index (χ1) is 11.4. The van der Waals surface area contributed by atoms with Crippen molar-refractivity contribution in [3.63, 3.8) is 0 Å². The lowest BCUT2D eigenvalue weighted by atomic mass is 10.1. The third-order valence-electron chi connectivity index (χ3n) is 3.43. The molecule has 0 fully saturated rings. The number of hydrogen-bond donors (Lipinski definition) is 3. The van der Waals surface area contributed by atoms with Crippen molar-refractivity contribution in [1.29, 1.82) is 0 Å². The summed E-state index contributed by atoms with van der Waals surface area (Å²) in [5.74, 6) is -0.173. The topological polar surface area (TPSA) is 96.0 Å². The van der Waals surface area contributed by atoms with Crippen molar-refractivity contribution in [2.75, 3.05) is 10.6 Å². The number of carbonyl (C=O) groups excluding carboxylic acids is 2. The van der Waals surface area contributed by atoms with E-state index in [0.717, 1.165) is 16.1 Å². The van der Waals surface area contributed by atoms with E-state index >= 15 is 0 Å². The van der Waals surface area contributed by atoms with E-state index < -0.39 is 0 Å². The summed E-state index contributed by atoms with van der Waals surface area (Å²) in [7, 11) is 0. The van der Waals surface area contributed by atoms with Gasteiger partial charge in [-0.3, -0.25) is 4.79 Å². The molecule has 0 spiro atoms. The first-order valence-corrected chi connectivity index (χ1v) is 8.38. The lowest BCUT2D eigenvalue weighted by molar-refractivity contribution is -0.118. The number of benzene rings is 1. The molecule has 8 heteroatoms. The van der Waals surface area contributed by atoms with E-state index in [1.807, 2.05) is 33.8 Å². The summed E-state index contributed by atoms with van der Waals surface area (Å²) in [6.45, 7) is 7.78. The third-order valence-corrected chi connectivity index (χ3v) is 4.26. The molecule has 0 unspecified atom stereocenters. The highest BCUT2D eigenvalue weighted by Crippen LogP contribution is 2.21. The van der Waals surface area contributed by atoms with Crippen LogP contribution in [0.3, 0.4) is 0 Å². The zero-order chi connectivity index (χ0) is 17.7. The number of rotatable bonds is 5. The molecule has 0 bridgehead atoms. The molecule has 1 aromatic carbocycles. The molecule has 2 aromatic rings. The Morgan fingerprint density at radius 1 is 1.21 bits per heavy atom. The Balaban J connectivity index is 1.97. The van der Waals surface area contributed by atoms with Crippen LogP contribution in [0.2, 0.25) is 0 Å². The van der Waals surface area contributed by atoms with E-state index in [-0.39, 0.29) is 17.9 Å². The van der Waals surface area contributed by atoms with Gasteiger partial charge in [-0.15, -0.1) is 5.10 Å². The molecule has 3 N–H and O–H groups in total. The summed E-state index contributed by atoms with van der Waals surface area (Å²) < 4.78 is 3.83. The molecule has 3 amide bonds. The van der Waals surface area contributed by atoms with Gasteiger partial charge in [0.05, 0.1) is 17.1 Å². The van der Waals surface area contributed by atoms with Gasteiger partial charge in [0, 0.05) is 17.3 Å². The van der Waals surface area contributed by atoms with Crippen LogP contribution in [-0.4, -0.2) is 21.5 Å². The van der Waals surface area contributed by atoms with Crippen LogP contribution in [0.4, 0.5) is 16.2 Å². The predicted octanol–water partition coefficient (Wildman–Crippen LogP) is 3.07. The number of aryl methyl sites for hydroxylation is 2. The van der Waals surface area contributed by atoms with Gasteiger partial charge in [0.15, 0.2) is 0 Å². The second kappa shape index (κ2) is 7.87. The summed E-state index contributed by atoms with van der Waals surface area (Å²) >= 11 is 1.26. The van der Waals surface area contributed by atoms with Crippen LogP contribution >= 0.6 is 11.5 Å². The average Bonchev–Trinajstić information content (AvgIpc) is 2.93. The van der Waals surface area contributed by atoms with Crippen molar-refractivity contribution >= 4 is 34.8 Å².